The largest absolute Gasteiger partial charge is 0.341 e. The van der Waals surface area contributed by atoms with Crippen LogP contribution >= 0.6 is 0 Å². The molecule has 4 heterocycles. The van der Waals surface area contributed by atoms with Crippen LogP contribution in [0.5, 0.6) is 0 Å². The fourth-order valence-electron chi connectivity index (χ4n) is 4.90. The maximum absolute atomic E-state index is 13.7. The Morgan fingerprint density at radius 1 is 1.29 bits per heavy atom. The maximum Gasteiger partial charge on any atom is 0.293 e. The average Bonchev–Trinajstić information content (AvgIpc) is 3.21. The Hall–Kier alpha value is -3.61. The van der Waals surface area contributed by atoms with Crippen LogP contribution in [0.2, 0.25) is 0 Å². The molecule has 3 aromatic rings. The number of fused-ring (bicyclic) bond motifs is 2. The molecule has 0 amide bonds. The molecule has 1 aromatic carbocycles. The van der Waals surface area contributed by atoms with Crippen LogP contribution < -0.4 is 16.2 Å². The van der Waals surface area contributed by atoms with Gasteiger partial charge < -0.3 is 10.6 Å². The third-order valence-electron chi connectivity index (χ3n) is 6.61. The molecule has 0 aliphatic carbocycles. The minimum Gasteiger partial charge on any atom is -0.341 e. The fourth-order valence-corrected chi connectivity index (χ4v) is 4.90. The van der Waals surface area contributed by atoms with Crippen molar-refractivity contribution < 1.29 is 5.21 Å². The lowest BCUT2D eigenvalue weighted by Crippen LogP contribution is -2.44. The van der Waals surface area contributed by atoms with Crippen molar-refractivity contribution in [3.05, 3.63) is 57.6 Å². The summed E-state index contributed by atoms with van der Waals surface area (Å²) in [5.74, 6) is 6.70. The number of benzene rings is 1. The summed E-state index contributed by atoms with van der Waals surface area (Å²) < 4.78 is 3.29. The Morgan fingerprint density at radius 2 is 2.12 bits per heavy atom. The number of hydrogen-bond acceptors (Lipinski definition) is 7. The molecule has 9 heteroatoms. The molecular weight excluding hydrogens is 430 g/mol. The normalized spacial score (nSPS) is 20.1. The lowest BCUT2D eigenvalue weighted by Gasteiger charge is -2.33. The van der Waals surface area contributed by atoms with Crippen LogP contribution in [0.1, 0.15) is 43.9 Å². The van der Waals surface area contributed by atoms with E-state index >= 15 is 0 Å². The number of nitrogens with zero attached hydrogens (tertiary/aromatic N) is 6. The first-order valence-electron chi connectivity index (χ1n) is 11.6. The van der Waals surface area contributed by atoms with E-state index in [1.165, 1.54) is 9.75 Å². The summed E-state index contributed by atoms with van der Waals surface area (Å²) in [5.41, 5.74) is 9.64. The van der Waals surface area contributed by atoms with Gasteiger partial charge in [0.05, 0.1) is 19.3 Å². The molecule has 2 atom stereocenters. The summed E-state index contributed by atoms with van der Waals surface area (Å²) >= 11 is 0. The third kappa shape index (κ3) is 3.85. The van der Waals surface area contributed by atoms with Crippen LogP contribution in [0.3, 0.4) is 0 Å². The molecule has 2 aromatic heterocycles. The summed E-state index contributed by atoms with van der Waals surface area (Å²) in [7, 11) is 0. The number of hydrogen-bond donors (Lipinski definition) is 2. The van der Waals surface area contributed by atoms with Crippen molar-refractivity contribution in [1.82, 2.24) is 24.4 Å². The van der Waals surface area contributed by atoms with E-state index < -0.39 is 6.04 Å². The number of allylic oxidation sites excluding steroid dienone is 1. The van der Waals surface area contributed by atoms with Gasteiger partial charge in [-0.15, -0.1) is 5.92 Å². The van der Waals surface area contributed by atoms with Crippen molar-refractivity contribution in [2.45, 2.75) is 51.9 Å². The molecule has 1 saturated heterocycles. The first-order valence-corrected chi connectivity index (χ1v) is 11.6. The molecule has 1 fully saturated rings. The second-order valence-corrected chi connectivity index (χ2v) is 8.91. The topological polar surface area (TPSA) is 105 Å². The maximum atomic E-state index is 13.7. The Balaban J connectivity index is 1.58. The Morgan fingerprint density at radius 3 is 2.91 bits per heavy atom. The van der Waals surface area contributed by atoms with E-state index in [1.807, 2.05) is 41.8 Å². The number of aromatic nitrogens is 4. The SMILES string of the molecule is CC#CCn1c(N2CCCC(N)C2)nc2cnn(CC3c4ccccc4C=C(C)N3O)c(=O)c21. The van der Waals surface area contributed by atoms with Crippen molar-refractivity contribution in [2.24, 2.45) is 5.73 Å². The van der Waals surface area contributed by atoms with E-state index in [2.05, 4.69) is 21.8 Å². The lowest BCUT2D eigenvalue weighted by molar-refractivity contribution is -0.101. The molecule has 2 aliphatic heterocycles. The molecule has 9 nitrogen and oxygen atoms in total. The monoisotopic (exact) mass is 459 g/mol. The van der Waals surface area contributed by atoms with E-state index in [9.17, 15) is 10.0 Å². The smallest absolute Gasteiger partial charge is 0.293 e. The molecule has 2 aliphatic rings. The molecule has 0 bridgehead atoms. The molecule has 34 heavy (non-hydrogen) atoms. The highest BCUT2D eigenvalue weighted by Crippen LogP contribution is 2.33. The molecular formula is C25H29N7O2. The van der Waals surface area contributed by atoms with Crippen LogP contribution in [-0.4, -0.2) is 48.7 Å². The van der Waals surface area contributed by atoms with Crippen LogP contribution in [0.25, 0.3) is 17.1 Å². The number of nitrogens with two attached hydrogens (primary N) is 1. The summed E-state index contributed by atoms with van der Waals surface area (Å²) in [4.78, 5) is 20.6. The quantitative estimate of drug-likeness (QED) is 0.577. The van der Waals surface area contributed by atoms with E-state index in [0.717, 1.165) is 30.5 Å². The van der Waals surface area contributed by atoms with E-state index in [1.54, 1.807) is 13.1 Å². The summed E-state index contributed by atoms with van der Waals surface area (Å²) in [6, 6.07) is 7.51. The second kappa shape index (κ2) is 8.97. The van der Waals surface area contributed by atoms with Crippen LogP contribution in [0, 0.1) is 11.8 Å². The van der Waals surface area contributed by atoms with Gasteiger partial charge in [-0.1, -0.05) is 30.2 Å². The van der Waals surface area contributed by atoms with Gasteiger partial charge in [0.1, 0.15) is 17.1 Å². The van der Waals surface area contributed by atoms with Gasteiger partial charge in [-0.2, -0.15) is 5.10 Å². The molecule has 0 radical (unpaired) electrons. The number of rotatable bonds is 4. The molecule has 5 rings (SSSR count). The van der Waals surface area contributed by atoms with Gasteiger partial charge in [0.2, 0.25) is 5.95 Å². The summed E-state index contributed by atoms with van der Waals surface area (Å²) in [6.45, 7) is 5.70. The first kappa shape index (κ1) is 22.2. The van der Waals surface area contributed by atoms with Gasteiger partial charge in [0.15, 0.2) is 0 Å². The molecule has 0 spiro atoms. The fraction of sp³-hybridized carbons (Fsp3) is 0.400. The number of hydroxylamine groups is 2. The Kier molecular flexibility index (Phi) is 5.86. The predicted molar refractivity (Wildman–Crippen MR) is 131 cm³/mol. The highest BCUT2D eigenvalue weighted by molar-refractivity contribution is 5.77. The lowest BCUT2D eigenvalue weighted by atomic mass is 9.95. The van der Waals surface area contributed by atoms with Crippen molar-refractivity contribution >= 4 is 23.1 Å². The molecule has 2 unspecified atom stereocenters. The van der Waals surface area contributed by atoms with Crippen LogP contribution in [0.15, 0.2) is 41.0 Å². The molecule has 176 valence electrons. The molecule has 3 N–H and O–H groups in total. The van der Waals surface area contributed by atoms with Gasteiger partial charge in [0, 0.05) is 24.8 Å². The first-order chi connectivity index (χ1) is 16.5. The average molecular weight is 460 g/mol. The molecule has 0 saturated carbocycles. The highest BCUT2D eigenvalue weighted by Gasteiger charge is 2.28. The minimum absolute atomic E-state index is 0.0762. The van der Waals surface area contributed by atoms with E-state index in [-0.39, 0.29) is 18.1 Å². The van der Waals surface area contributed by atoms with Gasteiger partial charge >= 0.3 is 0 Å². The number of imidazole rings is 1. The standard InChI is InChI=1S/C25H29N7O2/c1-3-4-12-30-23-21(28-25(30)29-11-7-9-19(26)15-29)14-27-31(24(23)33)16-22-20-10-6-5-8-18(20)13-17(2)32(22)34/h5-6,8,10,13-14,19,22,34H,7,9,11-12,15-16,26H2,1-2H3. The zero-order valence-corrected chi connectivity index (χ0v) is 19.5. The Bertz CT molecular complexity index is 1380. The number of anilines is 1. The second-order valence-electron chi connectivity index (χ2n) is 8.91. The Labute approximate surface area is 198 Å². The van der Waals surface area contributed by atoms with Crippen molar-refractivity contribution in [3.63, 3.8) is 0 Å². The van der Waals surface area contributed by atoms with Gasteiger partial charge in [-0.3, -0.25) is 19.6 Å². The van der Waals surface area contributed by atoms with Crippen molar-refractivity contribution in [1.29, 1.82) is 0 Å². The van der Waals surface area contributed by atoms with Crippen LogP contribution in [-0.2, 0) is 13.1 Å². The minimum atomic E-state index is -0.435. The zero-order chi connectivity index (χ0) is 23.8. The van der Waals surface area contributed by atoms with Gasteiger partial charge in [-0.25, -0.2) is 9.67 Å². The summed E-state index contributed by atoms with van der Waals surface area (Å²) in [5, 5.41) is 16.4. The van der Waals surface area contributed by atoms with Gasteiger partial charge in [-0.05, 0) is 43.9 Å². The highest BCUT2D eigenvalue weighted by atomic mass is 16.5. The predicted octanol–water partition coefficient (Wildman–Crippen LogP) is 2.35. The van der Waals surface area contributed by atoms with Crippen molar-refractivity contribution in [3.8, 4) is 11.8 Å². The third-order valence-corrected chi connectivity index (χ3v) is 6.61. The van der Waals surface area contributed by atoms with Gasteiger partial charge in [0.25, 0.3) is 5.56 Å². The zero-order valence-electron chi connectivity index (χ0n) is 19.5. The number of piperidine rings is 1. The van der Waals surface area contributed by atoms with E-state index in [4.69, 9.17) is 10.7 Å². The summed E-state index contributed by atoms with van der Waals surface area (Å²) in [6.07, 6.45) is 5.51. The van der Waals surface area contributed by atoms with Crippen molar-refractivity contribution in [2.75, 3.05) is 18.0 Å². The van der Waals surface area contributed by atoms with E-state index in [0.29, 0.717) is 35.8 Å². The van der Waals surface area contributed by atoms with Crippen LogP contribution in [0.4, 0.5) is 5.95 Å².